The van der Waals surface area contributed by atoms with E-state index in [1.807, 2.05) is 18.2 Å². The number of hydrogen-bond acceptors (Lipinski definition) is 3. The number of para-hydroxylation sites is 1. The van der Waals surface area contributed by atoms with E-state index in [1.54, 1.807) is 18.4 Å². The van der Waals surface area contributed by atoms with Gasteiger partial charge in [0.2, 0.25) is 0 Å². The van der Waals surface area contributed by atoms with Crippen molar-refractivity contribution in [2.24, 2.45) is 10.9 Å². The number of thiophene rings is 1. The summed E-state index contributed by atoms with van der Waals surface area (Å²) in [5.74, 6) is 2.54. The Hall–Kier alpha value is -1.28. The van der Waals surface area contributed by atoms with E-state index in [9.17, 15) is 0 Å². The lowest BCUT2D eigenvalue weighted by molar-refractivity contribution is 0.296. The summed E-state index contributed by atoms with van der Waals surface area (Å²) in [6.45, 7) is 4.46. The number of guanidine groups is 1. The first kappa shape index (κ1) is 20.0. The molecule has 2 aromatic rings. The van der Waals surface area contributed by atoms with E-state index in [-0.39, 0.29) is 24.0 Å². The van der Waals surface area contributed by atoms with Crippen molar-refractivity contribution in [3.8, 4) is 5.75 Å². The summed E-state index contributed by atoms with van der Waals surface area (Å²) < 4.78 is 5.96. The Morgan fingerprint density at radius 1 is 1.20 bits per heavy atom. The maximum Gasteiger partial charge on any atom is 0.191 e. The van der Waals surface area contributed by atoms with Gasteiger partial charge in [0.25, 0.3) is 0 Å². The fourth-order valence-corrected chi connectivity index (χ4v) is 3.28. The number of aliphatic imine (C=N–C) groups is 1. The molecular formula is C19H26IN3OS. The third kappa shape index (κ3) is 6.18. The second-order valence-electron chi connectivity index (χ2n) is 6.17. The number of nitrogens with zero attached hydrogens (tertiary/aromatic N) is 1. The third-order valence-electron chi connectivity index (χ3n) is 4.20. The summed E-state index contributed by atoms with van der Waals surface area (Å²) in [4.78, 5) is 5.64. The molecule has 0 aliphatic heterocycles. The predicted molar refractivity (Wildman–Crippen MR) is 116 cm³/mol. The van der Waals surface area contributed by atoms with Crippen LogP contribution < -0.4 is 15.4 Å². The highest BCUT2D eigenvalue weighted by Gasteiger charge is 2.22. The molecule has 1 aliphatic rings. The maximum atomic E-state index is 5.96. The lowest BCUT2D eigenvalue weighted by Gasteiger charge is -2.14. The summed E-state index contributed by atoms with van der Waals surface area (Å²) in [5.41, 5.74) is 2.48. The van der Waals surface area contributed by atoms with E-state index in [2.05, 4.69) is 40.1 Å². The van der Waals surface area contributed by atoms with Gasteiger partial charge in [-0.3, -0.25) is 4.99 Å². The van der Waals surface area contributed by atoms with Gasteiger partial charge < -0.3 is 15.4 Å². The Kier molecular flexibility index (Phi) is 8.02. The van der Waals surface area contributed by atoms with Crippen LogP contribution in [0.3, 0.4) is 0 Å². The van der Waals surface area contributed by atoms with Gasteiger partial charge in [-0.15, -0.1) is 35.3 Å². The molecule has 1 heterocycles. The molecule has 1 aromatic carbocycles. The van der Waals surface area contributed by atoms with Crippen molar-refractivity contribution in [3.05, 3.63) is 51.7 Å². The molecule has 0 unspecified atom stereocenters. The molecule has 0 bridgehead atoms. The summed E-state index contributed by atoms with van der Waals surface area (Å²) >= 11 is 1.77. The quantitative estimate of drug-likeness (QED) is 0.359. The van der Waals surface area contributed by atoms with Gasteiger partial charge in [-0.2, -0.15) is 0 Å². The normalized spacial score (nSPS) is 13.9. The van der Waals surface area contributed by atoms with Crippen molar-refractivity contribution in [2.75, 3.05) is 13.7 Å². The molecule has 0 spiro atoms. The van der Waals surface area contributed by atoms with Gasteiger partial charge in [0.15, 0.2) is 5.96 Å². The van der Waals surface area contributed by atoms with Crippen LogP contribution in [0, 0.1) is 12.8 Å². The molecule has 0 amide bonds. The zero-order valence-corrected chi connectivity index (χ0v) is 17.9. The van der Waals surface area contributed by atoms with Crippen molar-refractivity contribution >= 4 is 41.3 Å². The fourth-order valence-electron chi connectivity index (χ4n) is 2.43. The number of aryl methyl sites for hydroxylation is 1. The van der Waals surface area contributed by atoms with E-state index in [0.717, 1.165) is 36.3 Å². The lowest BCUT2D eigenvalue weighted by Crippen LogP contribution is -2.36. The zero-order valence-electron chi connectivity index (χ0n) is 14.7. The number of rotatable bonds is 7. The second kappa shape index (κ2) is 10.0. The van der Waals surface area contributed by atoms with E-state index in [4.69, 9.17) is 4.74 Å². The molecule has 0 radical (unpaired) electrons. The minimum Gasteiger partial charge on any atom is -0.493 e. The van der Waals surface area contributed by atoms with Crippen LogP contribution >= 0.6 is 35.3 Å². The smallest absolute Gasteiger partial charge is 0.191 e. The van der Waals surface area contributed by atoms with Crippen LogP contribution in [0.4, 0.5) is 0 Å². The van der Waals surface area contributed by atoms with Crippen LogP contribution in [0.1, 0.15) is 28.8 Å². The highest BCUT2D eigenvalue weighted by atomic mass is 127. The van der Waals surface area contributed by atoms with Crippen molar-refractivity contribution < 1.29 is 4.74 Å². The molecule has 25 heavy (non-hydrogen) atoms. The van der Waals surface area contributed by atoms with Crippen molar-refractivity contribution in [2.45, 2.75) is 32.9 Å². The second-order valence-corrected chi connectivity index (χ2v) is 7.17. The molecule has 3 rings (SSSR count). The SMILES string of the molecule is CN=C(NCc1ccccc1OCC1CC1)NCc1sccc1C.I. The Balaban J connectivity index is 0.00000225. The minimum absolute atomic E-state index is 0. The third-order valence-corrected chi connectivity index (χ3v) is 5.22. The summed E-state index contributed by atoms with van der Waals surface area (Å²) in [6, 6.07) is 10.4. The predicted octanol–water partition coefficient (Wildman–Crippen LogP) is 4.33. The van der Waals surface area contributed by atoms with Crippen molar-refractivity contribution in [3.63, 3.8) is 0 Å². The van der Waals surface area contributed by atoms with Crippen LogP contribution in [0.5, 0.6) is 5.75 Å². The Morgan fingerprint density at radius 2 is 1.96 bits per heavy atom. The molecule has 4 nitrogen and oxygen atoms in total. The number of benzene rings is 1. The van der Waals surface area contributed by atoms with Crippen LogP contribution in [0.15, 0.2) is 40.7 Å². The monoisotopic (exact) mass is 471 g/mol. The zero-order chi connectivity index (χ0) is 16.8. The van der Waals surface area contributed by atoms with E-state index in [1.165, 1.54) is 23.3 Å². The minimum atomic E-state index is 0. The Labute approximate surface area is 171 Å². The average molecular weight is 471 g/mol. The first-order valence-electron chi connectivity index (χ1n) is 8.44. The molecule has 6 heteroatoms. The molecule has 0 saturated heterocycles. The molecule has 0 atom stereocenters. The fraction of sp³-hybridized carbons (Fsp3) is 0.421. The van der Waals surface area contributed by atoms with Gasteiger partial charge in [0, 0.05) is 24.0 Å². The average Bonchev–Trinajstić information content (AvgIpc) is 3.35. The standard InChI is InChI=1S/C19H25N3OS.HI/c1-14-9-10-24-18(14)12-22-19(20-2)21-11-16-5-3-4-6-17(16)23-13-15-7-8-15;/h3-6,9-10,15H,7-8,11-13H2,1-2H3,(H2,20,21,22);1H. The largest absolute Gasteiger partial charge is 0.493 e. The summed E-state index contributed by atoms with van der Waals surface area (Å²) in [7, 11) is 1.80. The topological polar surface area (TPSA) is 45.7 Å². The molecule has 2 N–H and O–H groups in total. The van der Waals surface area contributed by atoms with Gasteiger partial charge >= 0.3 is 0 Å². The van der Waals surface area contributed by atoms with Crippen LogP contribution in [0.25, 0.3) is 0 Å². The number of hydrogen-bond donors (Lipinski definition) is 2. The van der Waals surface area contributed by atoms with Gasteiger partial charge in [-0.05, 0) is 48.8 Å². The van der Waals surface area contributed by atoms with Crippen molar-refractivity contribution in [1.82, 2.24) is 10.6 Å². The Bertz CT molecular complexity index is 697. The van der Waals surface area contributed by atoms with Gasteiger partial charge in [0.1, 0.15) is 5.75 Å². The molecular weight excluding hydrogens is 445 g/mol. The van der Waals surface area contributed by atoms with Crippen LogP contribution in [0.2, 0.25) is 0 Å². The highest BCUT2D eigenvalue weighted by molar-refractivity contribution is 14.0. The van der Waals surface area contributed by atoms with Gasteiger partial charge in [-0.1, -0.05) is 18.2 Å². The Morgan fingerprint density at radius 3 is 2.64 bits per heavy atom. The van der Waals surface area contributed by atoms with Crippen molar-refractivity contribution in [1.29, 1.82) is 0 Å². The first-order valence-corrected chi connectivity index (χ1v) is 9.32. The van der Waals surface area contributed by atoms with E-state index >= 15 is 0 Å². The number of ether oxygens (including phenoxy) is 1. The van der Waals surface area contributed by atoms with E-state index in [0.29, 0.717) is 6.54 Å². The lowest BCUT2D eigenvalue weighted by atomic mass is 10.2. The summed E-state index contributed by atoms with van der Waals surface area (Å²) in [5, 5.41) is 8.87. The van der Waals surface area contributed by atoms with Gasteiger partial charge in [-0.25, -0.2) is 0 Å². The van der Waals surface area contributed by atoms with Crippen LogP contribution in [-0.2, 0) is 13.1 Å². The van der Waals surface area contributed by atoms with Crippen LogP contribution in [-0.4, -0.2) is 19.6 Å². The molecule has 1 aromatic heterocycles. The molecule has 1 saturated carbocycles. The number of nitrogens with one attached hydrogen (secondary N) is 2. The van der Waals surface area contributed by atoms with Gasteiger partial charge in [0.05, 0.1) is 13.2 Å². The molecule has 136 valence electrons. The molecule has 1 fully saturated rings. The first-order chi connectivity index (χ1) is 11.8. The maximum absolute atomic E-state index is 5.96. The number of halogens is 1. The van der Waals surface area contributed by atoms with E-state index < -0.39 is 0 Å². The highest BCUT2D eigenvalue weighted by Crippen LogP contribution is 2.30. The molecule has 1 aliphatic carbocycles. The summed E-state index contributed by atoms with van der Waals surface area (Å²) in [6.07, 6.45) is 2.61.